The van der Waals surface area contributed by atoms with Crippen molar-refractivity contribution in [1.29, 1.82) is 0 Å². The molecule has 11 heavy (non-hydrogen) atoms. The summed E-state index contributed by atoms with van der Waals surface area (Å²) in [5, 5.41) is 8.91. The molecule has 0 aromatic carbocycles. The second-order valence-corrected chi connectivity index (χ2v) is 2.29. The molecule has 0 unspecified atom stereocenters. The van der Waals surface area contributed by atoms with Gasteiger partial charge in [0.25, 0.3) is 0 Å². The molecule has 0 atom stereocenters. The quantitative estimate of drug-likeness (QED) is 0.255. The zero-order valence-electron chi connectivity index (χ0n) is 6.27. The fraction of sp³-hybridized carbons (Fsp3) is 1.00. The molecule has 0 aromatic rings. The Bertz CT molecular complexity index is 59.8. The maximum Gasteiger partial charge on any atom is 3.00 e. The fourth-order valence-electron chi connectivity index (χ4n) is 1.08. The number of hydrogen-bond donors (Lipinski definition) is 1. The average Bonchev–Trinajstić information content (AvgIpc) is 1.69. The van der Waals surface area contributed by atoms with Crippen molar-refractivity contribution in [3.8, 4) is 0 Å². The van der Waals surface area contributed by atoms with E-state index in [0.717, 1.165) is 12.8 Å². The van der Waals surface area contributed by atoms with E-state index in [1.165, 1.54) is 19.3 Å². The predicted molar refractivity (Wildman–Crippen MR) is 34.8 cm³/mol. The molecule has 5 heteroatoms. The van der Waals surface area contributed by atoms with Gasteiger partial charge in [0.05, 0.1) is 6.10 Å². The first kappa shape index (κ1) is 23.5. The van der Waals surface area contributed by atoms with Crippen molar-refractivity contribution in [1.82, 2.24) is 0 Å². The summed E-state index contributed by atoms with van der Waals surface area (Å²) in [5.41, 5.74) is 0. The Morgan fingerprint density at radius 1 is 0.818 bits per heavy atom. The van der Waals surface area contributed by atoms with Gasteiger partial charge in [-0.2, -0.15) is 0 Å². The Balaban J connectivity index is -0.0000000612. The molecule has 0 heterocycles. The molecule has 1 aliphatic rings. The van der Waals surface area contributed by atoms with Crippen LogP contribution in [-0.2, 0) is 0 Å². The number of aliphatic hydroxyl groups excluding tert-OH is 1. The smallest absolute Gasteiger partial charge is 1.00 e. The maximum atomic E-state index is 8.91. The molecule has 1 saturated carbocycles. The van der Waals surface area contributed by atoms with Gasteiger partial charge in [-0.25, -0.2) is 0 Å². The number of hydrogen-bond acceptors (Lipinski definition) is 1. The Morgan fingerprint density at radius 2 is 1.18 bits per heavy atom. The molecule has 0 aliphatic heterocycles. The molecule has 1 rings (SSSR count). The summed E-state index contributed by atoms with van der Waals surface area (Å²) in [7, 11) is 0. The van der Waals surface area contributed by atoms with E-state index in [9.17, 15) is 0 Å². The first-order valence-electron chi connectivity index (χ1n) is 3.07. The molecule has 0 spiro atoms. The van der Waals surface area contributed by atoms with E-state index < -0.39 is 0 Å². The van der Waals surface area contributed by atoms with Crippen LogP contribution in [0.4, 0.5) is 0 Å². The van der Waals surface area contributed by atoms with Gasteiger partial charge in [0.15, 0.2) is 0 Å². The first-order valence-corrected chi connectivity index (χ1v) is 3.07. The monoisotopic (exact) mass is 508 g/mol. The molecule has 0 bridgehead atoms. The van der Waals surface area contributed by atoms with E-state index in [4.69, 9.17) is 5.11 Å². The summed E-state index contributed by atoms with van der Waals surface area (Å²) in [4.78, 5) is 0. The third-order valence-electron chi connectivity index (χ3n) is 1.57. The molecule has 0 radical (unpaired) electrons. The van der Waals surface area contributed by atoms with Crippen molar-refractivity contribution in [3.63, 3.8) is 0 Å². The minimum Gasteiger partial charge on any atom is -1.00 e. The summed E-state index contributed by atoms with van der Waals surface area (Å²) in [6, 6.07) is 0. The summed E-state index contributed by atoms with van der Waals surface area (Å²) in [6.45, 7) is 0. The summed E-state index contributed by atoms with van der Waals surface area (Å²) in [5.74, 6) is 0. The van der Waals surface area contributed by atoms with Crippen LogP contribution in [-0.4, -0.2) is 28.6 Å². The van der Waals surface area contributed by atoms with Crippen LogP contribution in [0.25, 0.3) is 0 Å². The fourth-order valence-corrected chi connectivity index (χ4v) is 1.08. The van der Waals surface area contributed by atoms with Gasteiger partial charge < -0.3 is 77.0 Å². The number of halogens is 3. The number of aliphatic hydroxyl groups is 1. The standard InChI is InChI=1S/C6H12O.Al.3HI/c7-6-4-2-1-3-5-6;;;;/h6-7H,1-5H2;;3*1H/q;+3;;;/p-3. The molecule has 1 N–H and O–H groups in total. The molecule has 0 saturated heterocycles. The second-order valence-electron chi connectivity index (χ2n) is 2.29. The van der Waals surface area contributed by atoms with Crippen LogP contribution in [0.2, 0.25) is 0 Å². The van der Waals surface area contributed by atoms with E-state index in [1.807, 2.05) is 0 Å². The summed E-state index contributed by atoms with van der Waals surface area (Å²) >= 11 is 0. The van der Waals surface area contributed by atoms with Crippen molar-refractivity contribution in [2.75, 3.05) is 0 Å². The van der Waals surface area contributed by atoms with Crippen molar-refractivity contribution in [2.45, 2.75) is 38.2 Å². The van der Waals surface area contributed by atoms with Crippen LogP contribution >= 0.6 is 0 Å². The molecule has 1 fully saturated rings. The molecule has 66 valence electrons. The second kappa shape index (κ2) is 15.2. The third kappa shape index (κ3) is 12.7. The van der Waals surface area contributed by atoms with Crippen molar-refractivity contribution < 1.29 is 77.0 Å². The van der Waals surface area contributed by atoms with Gasteiger partial charge in [-0.05, 0) is 12.8 Å². The molecule has 0 aromatic heterocycles. The van der Waals surface area contributed by atoms with Gasteiger partial charge in [0.2, 0.25) is 0 Å². The van der Waals surface area contributed by atoms with Crippen LogP contribution in [0.15, 0.2) is 0 Å². The largest absolute Gasteiger partial charge is 3.00 e. The van der Waals surface area contributed by atoms with Gasteiger partial charge >= 0.3 is 17.4 Å². The minimum absolute atomic E-state index is 0. The van der Waals surface area contributed by atoms with Crippen LogP contribution in [0.5, 0.6) is 0 Å². The van der Waals surface area contributed by atoms with Gasteiger partial charge in [0, 0.05) is 0 Å². The van der Waals surface area contributed by atoms with Crippen molar-refractivity contribution in [2.24, 2.45) is 0 Å². The van der Waals surface area contributed by atoms with Gasteiger partial charge in [0.1, 0.15) is 0 Å². The van der Waals surface area contributed by atoms with Crippen molar-refractivity contribution >= 4 is 17.4 Å². The molecule has 1 aliphatic carbocycles. The van der Waals surface area contributed by atoms with Crippen LogP contribution in [0.1, 0.15) is 32.1 Å². The van der Waals surface area contributed by atoms with E-state index in [-0.39, 0.29) is 95.4 Å². The van der Waals surface area contributed by atoms with Crippen LogP contribution in [0.3, 0.4) is 0 Å². The van der Waals surface area contributed by atoms with Gasteiger partial charge in [-0.3, -0.25) is 0 Å². The molecular formula is C6H12AlI3O. The van der Waals surface area contributed by atoms with Crippen LogP contribution < -0.4 is 71.9 Å². The Hall–Kier alpha value is 2.68. The SMILES string of the molecule is OC1CCCCC1.[Al+3].[I-].[I-].[I-]. The van der Waals surface area contributed by atoms with Crippen molar-refractivity contribution in [3.05, 3.63) is 0 Å². The molecular weight excluding hydrogens is 496 g/mol. The molecule has 1 nitrogen and oxygen atoms in total. The zero-order chi connectivity index (χ0) is 5.11. The zero-order valence-corrected chi connectivity index (χ0v) is 13.9. The topological polar surface area (TPSA) is 20.2 Å². The first-order chi connectivity index (χ1) is 3.39. The van der Waals surface area contributed by atoms with E-state index in [0.29, 0.717) is 0 Å². The normalized spacial score (nSPS) is 16.1. The minimum atomic E-state index is 0. The van der Waals surface area contributed by atoms with Crippen LogP contribution in [0, 0.1) is 0 Å². The summed E-state index contributed by atoms with van der Waals surface area (Å²) < 4.78 is 0. The van der Waals surface area contributed by atoms with E-state index in [1.54, 1.807) is 0 Å². The maximum absolute atomic E-state index is 8.91. The van der Waals surface area contributed by atoms with Gasteiger partial charge in [-0.1, -0.05) is 19.3 Å². The van der Waals surface area contributed by atoms with Gasteiger partial charge in [-0.15, -0.1) is 0 Å². The Kier molecular flexibility index (Phi) is 32.4. The Labute approximate surface area is 131 Å². The third-order valence-corrected chi connectivity index (χ3v) is 1.57. The molecule has 0 amide bonds. The Morgan fingerprint density at radius 3 is 1.36 bits per heavy atom. The van der Waals surface area contributed by atoms with E-state index >= 15 is 0 Å². The number of rotatable bonds is 0. The average molecular weight is 508 g/mol. The predicted octanol–water partition coefficient (Wildman–Crippen LogP) is -8.06. The summed E-state index contributed by atoms with van der Waals surface area (Å²) in [6.07, 6.45) is 5.92. The van der Waals surface area contributed by atoms with E-state index in [2.05, 4.69) is 0 Å².